The van der Waals surface area contributed by atoms with Gasteiger partial charge >= 0.3 is 0 Å². The van der Waals surface area contributed by atoms with Crippen LogP contribution in [0.4, 0.5) is 11.6 Å². The van der Waals surface area contributed by atoms with Crippen LogP contribution in [0.15, 0.2) is 64.4 Å². The van der Waals surface area contributed by atoms with Gasteiger partial charge in [0, 0.05) is 17.1 Å². The van der Waals surface area contributed by atoms with E-state index in [9.17, 15) is 16.8 Å². The van der Waals surface area contributed by atoms with Crippen LogP contribution in [0.3, 0.4) is 0 Å². The maximum absolute atomic E-state index is 12.5. The van der Waals surface area contributed by atoms with E-state index < -0.39 is 20.0 Å². The fraction of sp³-hybridized carbons (Fsp3) is 0.158. The third-order valence-electron chi connectivity index (χ3n) is 3.96. The molecule has 3 rings (SSSR count). The molecule has 0 radical (unpaired) electrons. The van der Waals surface area contributed by atoms with Crippen molar-refractivity contribution in [3.05, 3.63) is 71.5 Å². The summed E-state index contributed by atoms with van der Waals surface area (Å²) in [6, 6.07) is 13.5. The van der Waals surface area contributed by atoms with E-state index in [4.69, 9.17) is 0 Å². The number of nitrogens with one attached hydrogen (secondary N) is 2. The number of hydrogen-bond acceptors (Lipinski definition) is 6. The summed E-state index contributed by atoms with van der Waals surface area (Å²) in [4.78, 5) is 8.19. The van der Waals surface area contributed by atoms with Gasteiger partial charge in [-0.25, -0.2) is 31.5 Å². The molecule has 0 saturated heterocycles. The second-order valence-electron chi connectivity index (χ2n) is 6.52. The zero-order valence-electron chi connectivity index (χ0n) is 16.0. The molecule has 0 spiro atoms. The van der Waals surface area contributed by atoms with Gasteiger partial charge in [-0.2, -0.15) is 0 Å². The predicted octanol–water partition coefficient (Wildman–Crippen LogP) is 3.00. The quantitative estimate of drug-likeness (QED) is 0.618. The van der Waals surface area contributed by atoms with Crippen molar-refractivity contribution >= 4 is 31.7 Å². The van der Waals surface area contributed by atoms with E-state index in [1.54, 1.807) is 32.0 Å². The highest BCUT2D eigenvalue weighted by atomic mass is 32.2. The maximum Gasteiger partial charge on any atom is 0.264 e. The first-order valence-corrected chi connectivity index (χ1v) is 11.6. The van der Waals surface area contributed by atoms with Crippen molar-refractivity contribution in [2.24, 2.45) is 0 Å². The summed E-state index contributed by atoms with van der Waals surface area (Å²) >= 11 is 0. The number of nitrogens with zero attached hydrogens (tertiary/aromatic N) is 2. The average Bonchev–Trinajstić information content (AvgIpc) is 2.61. The molecule has 0 amide bonds. The van der Waals surface area contributed by atoms with Gasteiger partial charge in [-0.3, -0.25) is 4.72 Å². The Morgan fingerprint density at radius 1 is 0.655 bits per heavy atom. The molecule has 0 unspecified atom stereocenters. The van der Waals surface area contributed by atoms with Crippen LogP contribution in [0.1, 0.15) is 17.0 Å². The molecule has 0 aliphatic carbocycles. The van der Waals surface area contributed by atoms with Crippen molar-refractivity contribution in [2.45, 2.75) is 30.6 Å². The molecule has 1 heterocycles. The fourth-order valence-electron chi connectivity index (χ4n) is 2.58. The highest BCUT2D eigenvalue weighted by molar-refractivity contribution is 7.93. The van der Waals surface area contributed by atoms with Gasteiger partial charge in [0.1, 0.15) is 0 Å². The van der Waals surface area contributed by atoms with E-state index in [2.05, 4.69) is 19.4 Å². The molecule has 1 aromatic heterocycles. The number of benzene rings is 2. The van der Waals surface area contributed by atoms with Gasteiger partial charge in [-0.1, -0.05) is 17.7 Å². The summed E-state index contributed by atoms with van der Waals surface area (Å²) < 4.78 is 54.7. The topological polar surface area (TPSA) is 118 Å². The summed E-state index contributed by atoms with van der Waals surface area (Å²) in [5, 5.41) is 0. The number of rotatable bonds is 6. The highest BCUT2D eigenvalue weighted by Gasteiger charge is 2.18. The standard InChI is InChI=1S/C19H20N4O4S2/c1-13-4-8-17(9-5-13)28(24,25)22-16-6-10-18(11-7-16)29(26,27)23-19-20-14(2)12-15(3)21-19/h4-12,22H,1-3H3,(H,20,21,23). The number of aryl methyl sites for hydroxylation is 3. The first-order valence-electron chi connectivity index (χ1n) is 8.60. The van der Waals surface area contributed by atoms with Crippen molar-refractivity contribution in [3.8, 4) is 0 Å². The average molecular weight is 433 g/mol. The Morgan fingerprint density at radius 2 is 1.10 bits per heavy atom. The van der Waals surface area contributed by atoms with Crippen molar-refractivity contribution in [1.82, 2.24) is 9.97 Å². The zero-order valence-corrected chi connectivity index (χ0v) is 17.7. The Kier molecular flexibility index (Phi) is 5.58. The Labute approximate surface area is 170 Å². The van der Waals surface area contributed by atoms with Crippen molar-refractivity contribution < 1.29 is 16.8 Å². The lowest BCUT2D eigenvalue weighted by molar-refractivity contribution is 0.599. The van der Waals surface area contributed by atoms with E-state index in [1.807, 2.05) is 6.92 Å². The van der Waals surface area contributed by atoms with Gasteiger partial charge in [0.05, 0.1) is 9.79 Å². The molecule has 152 valence electrons. The third-order valence-corrected chi connectivity index (χ3v) is 6.70. The minimum Gasteiger partial charge on any atom is -0.280 e. The summed E-state index contributed by atoms with van der Waals surface area (Å²) in [6.07, 6.45) is 0. The Balaban J connectivity index is 1.79. The lowest BCUT2D eigenvalue weighted by Crippen LogP contribution is -2.16. The first kappa shape index (κ1) is 20.7. The van der Waals surface area contributed by atoms with Crippen molar-refractivity contribution in [1.29, 1.82) is 0 Å². The monoisotopic (exact) mass is 432 g/mol. The van der Waals surface area contributed by atoms with Gasteiger partial charge in [-0.05, 0) is 63.2 Å². The van der Waals surface area contributed by atoms with E-state index in [-0.39, 0.29) is 21.4 Å². The molecule has 0 fully saturated rings. The number of sulfonamides is 2. The Bertz CT molecular complexity index is 1220. The summed E-state index contributed by atoms with van der Waals surface area (Å²) in [5.74, 6) is -0.0216. The highest BCUT2D eigenvalue weighted by Crippen LogP contribution is 2.20. The van der Waals surface area contributed by atoms with Gasteiger partial charge in [0.25, 0.3) is 20.0 Å². The van der Waals surface area contributed by atoms with Crippen LogP contribution in [0.25, 0.3) is 0 Å². The SMILES string of the molecule is Cc1ccc(S(=O)(=O)Nc2ccc(S(=O)(=O)Nc3nc(C)cc(C)n3)cc2)cc1. The summed E-state index contributed by atoms with van der Waals surface area (Å²) in [6.45, 7) is 5.34. The fourth-order valence-corrected chi connectivity index (χ4v) is 4.59. The van der Waals surface area contributed by atoms with Crippen LogP contribution in [0.5, 0.6) is 0 Å². The minimum absolute atomic E-state index is 0.0216. The predicted molar refractivity (Wildman–Crippen MR) is 111 cm³/mol. The number of aromatic nitrogens is 2. The molecule has 10 heteroatoms. The second-order valence-corrected chi connectivity index (χ2v) is 9.89. The third kappa shape index (κ3) is 5.09. The molecule has 8 nitrogen and oxygen atoms in total. The largest absolute Gasteiger partial charge is 0.280 e. The Morgan fingerprint density at radius 3 is 1.62 bits per heavy atom. The lowest BCUT2D eigenvalue weighted by Gasteiger charge is -2.10. The number of hydrogen-bond donors (Lipinski definition) is 2. The molecule has 2 aromatic carbocycles. The normalized spacial score (nSPS) is 11.8. The molecule has 29 heavy (non-hydrogen) atoms. The van der Waals surface area contributed by atoms with Crippen LogP contribution < -0.4 is 9.44 Å². The van der Waals surface area contributed by atoms with Crippen LogP contribution in [0, 0.1) is 20.8 Å². The minimum atomic E-state index is -3.92. The van der Waals surface area contributed by atoms with E-state index in [1.165, 1.54) is 36.4 Å². The number of anilines is 2. The summed E-state index contributed by atoms with van der Waals surface area (Å²) in [7, 11) is -7.69. The van der Waals surface area contributed by atoms with Crippen LogP contribution in [-0.2, 0) is 20.0 Å². The van der Waals surface area contributed by atoms with Crippen LogP contribution in [-0.4, -0.2) is 26.8 Å². The molecule has 0 saturated carbocycles. The molecular formula is C19H20N4O4S2. The van der Waals surface area contributed by atoms with E-state index in [0.717, 1.165) is 5.56 Å². The molecule has 3 aromatic rings. The summed E-state index contributed by atoms with van der Waals surface area (Å²) in [5.41, 5.74) is 2.46. The molecule has 0 aliphatic heterocycles. The lowest BCUT2D eigenvalue weighted by atomic mass is 10.2. The van der Waals surface area contributed by atoms with Gasteiger partial charge in [0.15, 0.2) is 0 Å². The molecule has 0 bridgehead atoms. The molecule has 2 N–H and O–H groups in total. The van der Waals surface area contributed by atoms with Gasteiger partial charge in [-0.15, -0.1) is 0 Å². The maximum atomic E-state index is 12.5. The van der Waals surface area contributed by atoms with Gasteiger partial charge < -0.3 is 0 Å². The molecular weight excluding hydrogens is 412 g/mol. The molecule has 0 atom stereocenters. The Hall–Kier alpha value is -2.98. The molecule has 0 aliphatic rings. The first-order chi connectivity index (χ1) is 13.5. The van der Waals surface area contributed by atoms with Crippen LogP contribution >= 0.6 is 0 Å². The second kappa shape index (κ2) is 7.80. The van der Waals surface area contributed by atoms with E-state index in [0.29, 0.717) is 11.4 Å². The van der Waals surface area contributed by atoms with E-state index >= 15 is 0 Å². The smallest absolute Gasteiger partial charge is 0.264 e. The van der Waals surface area contributed by atoms with Crippen molar-refractivity contribution in [3.63, 3.8) is 0 Å². The van der Waals surface area contributed by atoms with Gasteiger partial charge in [0.2, 0.25) is 5.95 Å². The van der Waals surface area contributed by atoms with Crippen LogP contribution in [0.2, 0.25) is 0 Å². The zero-order chi connectivity index (χ0) is 21.2. The van der Waals surface area contributed by atoms with Crippen molar-refractivity contribution in [2.75, 3.05) is 9.44 Å².